The van der Waals surface area contributed by atoms with Crippen LogP contribution in [0.3, 0.4) is 0 Å². The molecule has 1 aromatic carbocycles. The summed E-state index contributed by atoms with van der Waals surface area (Å²) < 4.78 is 25.3. The second-order valence-electron chi connectivity index (χ2n) is 2.82. The van der Waals surface area contributed by atoms with Gasteiger partial charge in [0.1, 0.15) is 5.75 Å². The van der Waals surface area contributed by atoms with Crippen molar-refractivity contribution in [2.75, 3.05) is 0 Å². The van der Waals surface area contributed by atoms with Crippen molar-refractivity contribution in [1.29, 1.82) is 0 Å². The van der Waals surface area contributed by atoms with Crippen LogP contribution in [0.1, 0.15) is 10.4 Å². The predicted octanol–water partition coefficient (Wildman–Crippen LogP) is 1.49. The highest BCUT2D eigenvalue weighted by atomic mass is 19.2. The Bertz CT molecular complexity index is 480. The number of phenolic OH excluding ortho intramolecular Hbond substituents is 1. The van der Waals surface area contributed by atoms with Gasteiger partial charge < -0.3 is 10.2 Å². The Labute approximate surface area is 88.4 Å². The lowest BCUT2D eigenvalue weighted by Gasteiger charge is -2.01. The van der Waals surface area contributed by atoms with Crippen LogP contribution in [0.5, 0.6) is 5.75 Å². The van der Waals surface area contributed by atoms with Gasteiger partial charge in [-0.05, 0) is 12.1 Å². The second kappa shape index (κ2) is 4.52. The number of rotatable bonds is 3. The number of aromatic hydroxyl groups is 1. The lowest BCUT2D eigenvalue weighted by Crippen LogP contribution is -1.99. The topological polar surface area (TPSA) is 74.6 Å². The van der Waals surface area contributed by atoms with Crippen LogP contribution >= 0.6 is 0 Å². The molecule has 0 saturated carbocycles. The van der Waals surface area contributed by atoms with Gasteiger partial charge in [0.15, 0.2) is 17.4 Å². The number of halogens is 2. The molecule has 1 rings (SSSR count). The van der Waals surface area contributed by atoms with Gasteiger partial charge in [-0.25, -0.2) is 13.6 Å². The first-order valence-electron chi connectivity index (χ1n) is 4.05. The van der Waals surface area contributed by atoms with Gasteiger partial charge in [-0.2, -0.15) is 0 Å². The van der Waals surface area contributed by atoms with Crippen molar-refractivity contribution in [2.45, 2.75) is 0 Å². The molecule has 0 aliphatic heterocycles. The number of carboxylic acids is 1. The molecular weight excluding hydrogens is 222 g/mol. The highest BCUT2D eigenvalue weighted by Gasteiger charge is 2.13. The van der Waals surface area contributed by atoms with Crippen LogP contribution in [-0.4, -0.2) is 22.0 Å². The lowest BCUT2D eigenvalue weighted by atomic mass is 10.1. The number of benzene rings is 1. The number of ketones is 1. The number of allylic oxidation sites excluding steroid dienone is 1. The number of hydrogen-bond acceptors (Lipinski definition) is 3. The van der Waals surface area contributed by atoms with E-state index in [0.29, 0.717) is 24.3 Å². The van der Waals surface area contributed by atoms with Crippen LogP contribution < -0.4 is 0 Å². The van der Waals surface area contributed by atoms with E-state index < -0.39 is 34.7 Å². The van der Waals surface area contributed by atoms with E-state index >= 15 is 0 Å². The monoisotopic (exact) mass is 228 g/mol. The molecule has 0 aromatic heterocycles. The third kappa shape index (κ3) is 2.63. The zero-order chi connectivity index (χ0) is 12.3. The largest absolute Gasteiger partial charge is 0.507 e. The van der Waals surface area contributed by atoms with E-state index in [4.69, 9.17) is 10.2 Å². The van der Waals surface area contributed by atoms with Crippen molar-refractivity contribution in [1.82, 2.24) is 0 Å². The van der Waals surface area contributed by atoms with Crippen molar-refractivity contribution >= 4 is 11.8 Å². The van der Waals surface area contributed by atoms with Gasteiger partial charge >= 0.3 is 5.97 Å². The molecule has 16 heavy (non-hydrogen) atoms. The van der Waals surface area contributed by atoms with Gasteiger partial charge in [0.2, 0.25) is 0 Å². The fourth-order valence-electron chi connectivity index (χ4n) is 0.970. The van der Waals surface area contributed by atoms with E-state index in [1.165, 1.54) is 0 Å². The van der Waals surface area contributed by atoms with Gasteiger partial charge in [-0.15, -0.1) is 0 Å². The Morgan fingerprint density at radius 2 is 1.69 bits per heavy atom. The Balaban J connectivity index is 3.09. The molecule has 84 valence electrons. The normalized spacial score (nSPS) is 10.6. The Kier molecular flexibility index (Phi) is 3.34. The molecule has 0 saturated heterocycles. The number of carboxylic acid groups (broad SMARTS) is 1. The highest BCUT2D eigenvalue weighted by Crippen LogP contribution is 2.21. The molecule has 0 radical (unpaired) electrons. The molecule has 0 amide bonds. The minimum atomic E-state index is -1.37. The van der Waals surface area contributed by atoms with Crippen LogP contribution in [0.25, 0.3) is 0 Å². The molecule has 2 N–H and O–H groups in total. The summed E-state index contributed by atoms with van der Waals surface area (Å²) in [5.41, 5.74) is -0.503. The molecule has 0 unspecified atom stereocenters. The first-order valence-corrected chi connectivity index (χ1v) is 4.05. The SMILES string of the molecule is O=C(O)/C=C/C(=O)c1cc(F)c(F)cc1O. The van der Waals surface area contributed by atoms with Crippen molar-refractivity contribution in [3.05, 3.63) is 41.5 Å². The van der Waals surface area contributed by atoms with Crippen LogP contribution in [-0.2, 0) is 4.79 Å². The summed E-state index contributed by atoms with van der Waals surface area (Å²) >= 11 is 0. The third-order valence-electron chi connectivity index (χ3n) is 1.68. The Morgan fingerprint density at radius 1 is 1.12 bits per heavy atom. The van der Waals surface area contributed by atoms with Gasteiger partial charge in [0.25, 0.3) is 0 Å². The maximum Gasteiger partial charge on any atom is 0.328 e. The summed E-state index contributed by atoms with van der Waals surface area (Å²) in [4.78, 5) is 21.3. The fourth-order valence-corrected chi connectivity index (χ4v) is 0.970. The third-order valence-corrected chi connectivity index (χ3v) is 1.68. The molecule has 0 bridgehead atoms. The van der Waals surface area contributed by atoms with Gasteiger partial charge in [-0.3, -0.25) is 4.79 Å². The molecule has 6 heteroatoms. The maximum absolute atomic E-state index is 12.7. The average molecular weight is 228 g/mol. The smallest absolute Gasteiger partial charge is 0.328 e. The van der Waals surface area contributed by atoms with Crippen molar-refractivity contribution in [3.63, 3.8) is 0 Å². The molecule has 0 atom stereocenters. The molecule has 1 aromatic rings. The zero-order valence-corrected chi connectivity index (χ0v) is 7.78. The van der Waals surface area contributed by atoms with E-state index in [9.17, 15) is 18.4 Å². The molecule has 0 fully saturated rings. The molecule has 0 aliphatic carbocycles. The Morgan fingerprint density at radius 3 is 2.25 bits per heavy atom. The van der Waals surface area contributed by atoms with Crippen LogP contribution in [0, 0.1) is 11.6 Å². The van der Waals surface area contributed by atoms with Gasteiger partial charge in [-0.1, -0.05) is 0 Å². The van der Waals surface area contributed by atoms with Crippen molar-refractivity contribution in [3.8, 4) is 5.75 Å². The first-order chi connectivity index (χ1) is 7.41. The quantitative estimate of drug-likeness (QED) is 0.607. The lowest BCUT2D eigenvalue weighted by molar-refractivity contribution is -0.131. The zero-order valence-electron chi connectivity index (χ0n) is 7.78. The van der Waals surface area contributed by atoms with E-state index in [1.807, 2.05) is 0 Å². The molecule has 0 spiro atoms. The number of hydrogen-bond donors (Lipinski definition) is 2. The fraction of sp³-hybridized carbons (Fsp3) is 0. The summed E-state index contributed by atoms with van der Waals surface area (Å²) in [6, 6.07) is 0.941. The van der Waals surface area contributed by atoms with Gasteiger partial charge in [0, 0.05) is 12.1 Å². The van der Waals surface area contributed by atoms with E-state index in [0.717, 1.165) is 0 Å². The van der Waals surface area contributed by atoms with E-state index in [2.05, 4.69) is 0 Å². The van der Waals surface area contributed by atoms with E-state index in [1.54, 1.807) is 0 Å². The molecule has 0 heterocycles. The van der Waals surface area contributed by atoms with Crippen molar-refractivity contribution < 1.29 is 28.6 Å². The van der Waals surface area contributed by atoms with E-state index in [-0.39, 0.29) is 0 Å². The van der Waals surface area contributed by atoms with Crippen LogP contribution in [0.4, 0.5) is 8.78 Å². The minimum Gasteiger partial charge on any atom is -0.507 e. The van der Waals surface area contributed by atoms with Crippen LogP contribution in [0.15, 0.2) is 24.3 Å². The molecule has 0 aliphatic rings. The molecular formula is C10H6F2O4. The second-order valence-corrected chi connectivity index (χ2v) is 2.82. The minimum absolute atomic E-state index is 0.442. The predicted molar refractivity (Wildman–Crippen MR) is 49.1 cm³/mol. The number of aliphatic carboxylic acids is 1. The Hall–Kier alpha value is -2.24. The summed E-state index contributed by atoms with van der Waals surface area (Å²) in [7, 11) is 0. The molecule has 4 nitrogen and oxygen atoms in total. The van der Waals surface area contributed by atoms with Gasteiger partial charge in [0.05, 0.1) is 5.56 Å². The maximum atomic E-state index is 12.7. The first kappa shape index (κ1) is 11.8. The van der Waals surface area contributed by atoms with Crippen LogP contribution in [0.2, 0.25) is 0 Å². The summed E-state index contributed by atoms with van der Waals surface area (Å²) in [6.45, 7) is 0. The summed E-state index contributed by atoms with van der Waals surface area (Å²) in [5.74, 6) is -5.64. The number of carbonyl (C=O) groups excluding carboxylic acids is 1. The summed E-state index contributed by atoms with van der Waals surface area (Å²) in [5, 5.41) is 17.4. The summed E-state index contributed by atoms with van der Waals surface area (Å²) in [6.07, 6.45) is 1.16. The average Bonchev–Trinajstić information content (AvgIpc) is 2.20. The highest BCUT2D eigenvalue weighted by molar-refractivity contribution is 6.08. The standard InChI is InChI=1S/C10H6F2O4/c11-6-3-5(9(14)4-7(6)12)8(13)1-2-10(15)16/h1-4,14H,(H,15,16)/b2-1+. The number of carbonyl (C=O) groups is 2. The van der Waals surface area contributed by atoms with Crippen molar-refractivity contribution in [2.24, 2.45) is 0 Å². The number of phenols is 1.